The lowest BCUT2D eigenvalue weighted by molar-refractivity contribution is 0.295. The Labute approximate surface area is 194 Å². The standard InChI is InChI=1S/C26H45N5O/c1-16-17(23(2,3)4)15-28-22(31(16)12)26(10,11)14-13-25(8,9)18-19(27)29-21(24(5,6)7)30-20(18)32/h15-16H,13-14H2,1-12H3,(H3,27,29,30,32). The first-order valence-corrected chi connectivity index (χ1v) is 11.7. The smallest absolute Gasteiger partial charge is 0.256 e. The summed E-state index contributed by atoms with van der Waals surface area (Å²) < 4.78 is 0. The fraction of sp³-hybridized carbons (Fsp3) is 0.731. The number of anilines is 1. The zero-order chi connectivity index (χ0) is 24.9. The van der Waals surface area contributed by atoms with E-state index in [1.807, 2.05) is 20.8 Å². The summed E-state index contributed by atoms with van der Waals surface area (Å²) in [4.78, 5) is 27.7. The van der Waals surface area contributed by atoms with E-state index in [2.05, 4.69) is 83.5 Å². The largest absolute Gasteiger partial charge is 0.383 e. The Morgan fingerprint density at radius 2 is 1.50 bits per heavy atom. The molecule has 2 rings (SSSR count). The van der Waals surface area contributed by atoms with Crippen molar-refractivity contribution in [2.45, 2.75) is 106 Å². The second kappa shape index (κ2) is 8.35. The highest BCUT2D eigenvalue weighted by molar-refractivity contribution is 5.89. The van der Waals surface area contributed by atoms with Gasteiger partial charge in [0.15, 0.2) is 0 Å². The van der Waals surface area contributed by atoms with Gasteiger partial charge in [-0.15, -0.1) is 0 Å². The van der Waals surface area contributed by atoms with Gasteiger partial charge in [0.1, 0.15) is 17.5 Å². The lowest BCUT2D eigenvalue weighted by Gasteiger charge is -2.43. The van der Waals surface area contributed by atoms with Gasteiger partial charge in [-0.25, -0.2) is 9.98 Å². The lowest BCUT2D eigenvalue weighted by Crippen LogP contribution is -2.47. The van der Waals surface area contributed by atoms with Gasteiger partial charge >= 0.3 is 0 Å². The Bertz CT molecular complexity index is 967. The van der Waals surface area contributed by atoms with E-state index in [4.69, 9.17) is 10.7 Å². The van der Waals surface area contributed by atoms with Gasteiger partial charge in [0.05, 0.1) is 11.6 Å². The number of nitrogen functional groups attached to an aromatic ring is 1. The number of nitrogens with two attached hydrogens (primary N) is 1. The number of amidine groups is 1. The van der Waals surface area contributed by atoms with Crippen LogP contribution in [-0.2, 0) is 10.8 Å². The van der Waals surface area contributed by atoms with Crippen molar-refractivity contribution >= 4 is 11.7 Å². The third-order valence-corrected chi connectivity index (χ3v) is 6.87. The van der Waals surface area contributed by atoms with Crippen LogP contribution in [0.1, 0.15) is 100 Å². The van der Waals surface area contributed by atoms with Crippen LogP contribution in [0.25, 0.3) is 0 Å². The predicted octanol–water partition coefficient (Wildman–Crippen LogP) is 5.40. The molecule has 0 aromatic carbocycles. The fourth-order valence-corrected chi connectivity index (χ4v) is 4.56. The van der Waals surface area contributed by atoms with E-state index in [9.17, 15) is 4.79 Å². The molecule has 32 heavy (non-hydrogen) atoms. The maximum Gasteiger partial charge on any atom is 0.256 e. The molecule has 1 aromatic heterocycles. The van der Waals surface area contributed by atoms with E-state index < -0.39 is 5.41 Å². The molecular formula is C26H45N5O. The minimum absolute atomic E-state index is 0.0829. The molecule has 6 heteroatoms. The van der Waals surface area contributed by atoms with Gasteiger partial charge in [-0.2, -0.15) is 0 Å². The molecule has 0 saturated heterocycles. The van der Waals surface area contributed by atoms with Crippen molar-refractivity contribution in [3.63, 3.8) is 0 Å². The van der Waals surface area contributed by atoms with Gasteiger partial charge < -0.3 is 15.6 Å². The van der Waals surface area contributed by atoms with E-state index in [1.54, 1.807) is 0 Å². The number of hydrogen-bond donors (Lipinski definition) is 2. The number of nitrogens with one attached hydrogen (secondary N) is 1. The summed E-state index contributed by atoms with van der Waals surface area (Å²) in [5.41, 5.74) is 7.34. The molecule has 0 spiro atoms. The highest BCUT2D eigenvalue weighted by Crippen LogP contribution is 2.39. The van der Waals surface area contributed by atoms with Crippen LogP contribution >= 0.6 is 0 Å². The van der Waals surface area contributed by atoms with E-state index in [0.717, 1.165) is 18.7 Å². The number of aliphatic imine (C=N–C) groups is 1. The third kappa shape index (κ3) is 5.26. The number of hydrogen-bond acceptors (Lipinski definition) is 5. The number of aromatic amines is 1. The van der Waals surface area contributed by atoms with Crippen molar-refractivity contribution in [1.29, 1.82) is 0 Å². The van der Waals surface area contributed by atoms with Crippen LogP contribution in [0.4, 0.5) is 5.82 Å². The van der Waals surface area contributed by atoms with Crippen LogP contribution in [0.3, 0.4) is 0 Å². The van der Waals surface area contributed by atoms with Crippen molar-refractivity contribution in [3.05, 3.63) is 33.5 Å². The lowest BCUT2D eigenvalue weighted by atomic mass is 9.74. The Balaban J connectivity index is 2.32. The minimum atomic E-state index is -0.413. The van der Waals surface area contributed by atoms with Gasteiger partial charge in [-0.05, 0) is 36.2 Å². The average molecular weight is 444 g/mol. The first kappa shape index (κ1) is 26.1. The highest BCUT2D eigenvalue weighted by Gasteiger charge is 2.38. The summed E-state index contributed by atoms with van der Waals surface area (Å²) in [7, 11) is 2.13. The summed E-state index contributed by atoms with van der Waals surface area (Å²) in [5.74, 6) is 2.03. The van der Waals surface area contributed by atoms with Crippen LogP contribution in [0, 0.1) is 10.8 Å². The van der Waals surface area contributed by atoms with E-state index in [-0.39, 0.29) is 21.8 Å². The van der Waals surface area contributed by atoms with E-state index in [0.29, 0.717) is 23.2 Å². The quantitative estimate of drug-likeness (QED) is 0.638. The summed E-state index contributed by atoms with van der Waals surface area (Å²) >= 11 is 0. The van der Waals surface area contributed by atoms with Crippen molar-refractivity contribution in [3.8, 4) is 0 Å². The molecule has 1 aromatic rings. The second-order valence-corrected chi connectivity index (χ2v) is 12.8. The number of aromatic nitrogens is 2. The van der Waals surface area contributed by atoms with Gasteiger partial charge in [0, 0.05) is 24.1 Å². The van der Waals surface area contributed by atoms with E-state index >= 15 is 0 Å². The van der Waals surface area contributed by atoms with Crippen LogP contribution in [0.5, 0.6) is 0 Å². The number of nitrogens with zero attached hydrogens (tertiary/aromatic N) is 3. The number of rotatable bonds is 5. The normalized spacial score (nSPS) is 18.5. The van der Waals surface area contributed by atoms with Crippen LogP contribution in [0.15, 0.2) is 21.6 Å². The molecule has 180 valence electrons. The van der Waals surface area contributed by atoms with Gasteiger partial charge in [0.25, 0.3) is 5.56 Å². The molecule has 0 saturated carbocycles. The zero-order valence-corrected chi connectivity index (χ0v) is 22.4. The number of H-pyrrole nitrogens is 1. The van der Waals surface area contributed by atoms with Crippen LogP contribution in [-0.4, -0.2) is 33.8 Å². The monoisotopic (exact) mass is 443 g/mol. The topological polar surface area (TPSA) is 87.4 Å². The predicted molar refractivity (Wildman–Crippen MR) is 136 cm³/mol. The van der Waals surface area contributed by atoms with Crippen molar-refractivity contribution in [1.82, 2.24) is 14.9 Å². The van der Waals surface area contributed by atoms with Gasteiger partial charge in [-0.3, -0.25) is 4.79 Å². The molecule has 0 aliphatic carbocycles. The number of likely N-dealkylation sites (N-methyl/N-ethyl adjacent to an activating group) is 1. The molecule has 0 amide bonds. The fourth-order valence-electron chi connectivity index (χ4n) is 4.56. The first-order valence-electron chi connectivity index (χ1n) is 11.7. The Morgan fingerprint density at radius 1 is 0.969 bits per heavy atom. The zero-order valence-electron chi connectivity index (χ0n) is 22.4. The Morgan fingerprint density at radius 3 is 1.97 bits per heavy atom. The molecule has 1 aliphatic heterocycles. The summed E-state index contributed by atoms with van der Waals surface area (Å²) in [5, 5.41) is 0. The SMILES string of the molecule is CC1C(C(C)(C)C)=CN=C(C(C)(C)CCC(C)(C)c2c(N)nc(C(C)(C)C)[nH]c2=O)N1C. The molecule has 3 N–H and O–H groups in total. The Kier molecular flexibility index (Phi) is 6.82. The maximum atomic E-state index is 13.0. The summed E-state index contributed by atoms with van der Waals surface area (Å²) in [6, 6.07) is 0.294. The molecule has 1 unspecified atom stereocenters. The average Bonchev–Trinajstić information content (AvgIpc) is 2.59. The second-order valence-electron chi connectivity index (χ2n) is 12.8. The van der Waals surface area contributed by atoms with Crippen LogP contribution in [0.2, 0.25) is 0 Å². The molecule has 1 aliphatic rings. The summed E-state index contributed by atoms with van der Waals surface area (Å²) in [6.07, 6.45) is 3.72. The molecule has 0 bridgehead atoms. The molecular weight excluding hydrogens is 398 g/mol. The van der Waals surface area contributed by atoms with Crippen molar-refractivity contribution < 1.29 is 0 Å². The van der Waals surface area contributed by atoms with Crippen molar-refractivity contribution in [2.75, 3.05) is 12.8 Å². The first-order chi connectivity index (χ1) is 14.3. The van der Waals surface area contributed by atoms with E-state index in [1.165, 1.54) is 5.57 Å². The van der Waals surface area contributed by atoms with Gasteiger partial charge in [-0.1, -0.05) is 69.2 Å². The van der Waals surface area contributed by atoms with Gasteiger partial charge in [0.2, 0.25) is 0 Å². The molecule has 1 atom stereocenters. The Hall–Kier alpha value is -2.11. The highest BCUT2D eigenvalue weighted by atomic mass is 16.1. The minimum Gasteiger partial charge on any atom is -0.383 e. The summed E-state index contributed by atoms with van der Waals surface area (Å²) in [6.45, 7) is 23.6. The molecule has 2 heterocycles. The third-order valence-electron chi connectivity index (χ3n) is 6.87. The molecule has 0 radical (unpaired) electrons. The maximum absolute atomic E-state index is 13.0. The molecule has 0 fully saturated rings. The van der Waals surface area contributed by atoms with Crippen LogP contribution < -0.4 is 11.3 Å². The van der Waals surface area contributed by atoms with Crippen molar-refractivity contribution in [2.24, 2.45) is 15.8 Å². The molecule has 6 nitrogen and oxygen atoms in total.